The molecule has 168 valence electrons. The Morgan fingerprint density at radius 2 is 2.09 bits per heavy atom. The summed E-state index contributed by atoms with van der Waals surface area (Å²) in [7, 11) is 1.66. The van der Waals surface area contributed by atoms with E-state index < -0.39 is 0 Å². The van der Waals surface area contributed by atoms with E-state index in [2.05, 4.69) is 25.2 Å². The van der Waals surface area contributed by atoms with E-state index in [-0.39, 0.29) is 24.5 Å². The third kappa shape index (κ3) is 3.34. The van der Waals surface area contributed by atoms with Gasteiger partial charge in [-0.05, 0) is 49.2 Å². The number of carbonyl (C=O) groups is 1. The van der Waals surface area contributed by atoms with Crippen LogP contribution in [-0.2, 0) is 11.2 Å². The number of aromatic nitrogens is 5. The number of fused-ring (bicyclic) bond motifs is 6. The number of benzene rings is 1. The molecule has 1 N–H and O–H groups in total. The molecular formula is C23H23N7O3. The first kappa shape index (κ1) is 19.9. The van der Waals surface area contributed by atoms with E-state index >= 15 is 0 Å². The molecule has 0 aliphatic carbocycles. The zero-order valence-corrected chi connectivity index (χ0v) is 18.4. The lowest BCUT2D eigenvalue weighted by atomic mass is 9.99. The van der Waals surface area contributed by atoms with Crippen molar-refractivity contribution in [2.45, 2.75) is 38.3 Å². The SMILES string of the molecule is COc1ccc(-c2cc3ncc4c(n3n2)C[C@H]2CC[C@H]4N2CC(=O)Nc2nonc2C)cc1. The van der Waals surface area contributed by atoms with Gasteiger partial charge in [0, 0.05) is 41.9 Å². The number of rotatable bonds is 5. The third-order valence-corrected chi connectivity index (χ3v) is 6.67. The summed E-state index contributed by atoms with van der Waals surface area (Å²) < 4.78 is 11.9. The Hall–Kier alpha value is -3.79. The summed E-state index contributed by atoms with van der Waals surface area (Å²) in [4.78, 5) is 19.6. The highest BCUT2D eigenvalue weighted by Crippen LogP contribution is 2.43. The molecule has 2 bridgehead atoms. The fourth-order valence-corrected chi connectivity index (χ4v) is 5.01. The second-order valence-corrected chi connectivity index (χ2v) is 8.56. The smallest absolute Gasteiger partial charge is 0.239 e. The van der Waals surface area contributed by atoms with Gasteiger partial charge < -0.3 is 10.1 Å². The van der Waals surface area contributed by atoms with Crippen LogP contribution in [0.2, 0.25) is 0 Å². The first-order valence-electron chi connectivity index (χ1n) is 11.0. The molecule has 0 spiro atoms. The Bertz CT molecular complexity index is 1340. The highest BCUT2D eigenvalue weighted by atomic mass is 16.6. The number of nitrogens with one attached hydrogen (secondary N) is 1. The number of aryl methyl sites for hydroxylation is 1. The van der Waals surface area contributed by atoms with Crippen molar-refractivity contribution >= 4 is 17.4 Å². The van der Waals surface area contributed by atoms with E-state index in [1.54, 1.807) is 14.0 Å². The molecule has 1 aromatic carbocycles. The Kier molecular flexibility index (Phi) is 4.61. The minimum atomic E-state index is -0.121. The van der Waals surface area contributed by atoms with Gasteiger partial charge in [0.1, 0.15) is 11.4 Å². The Balaban J connectivity index is 1.28. The predicted octanol–water partition coefficient (Wildman–Crippen LogP) is 2.80. The predicted molar refractivity (Wildman–Crippen MR) is 119 cm³/mol. The van der Waals surface area contributed by atoms with E-state index in [0.717, 1.165) is 47.5 Å². The van der Waals surface area contributed by atoms with Gasteiger partial charge in [0.15, 0.2) is 11.5 Å². The van der Waals surface area contributed by atoms with Crippen LogP contribution in [0.4, 0.5) is 5.82 Å². The lowest BCUT2D eigenvalue weighted by molar-refractivity contribution is -0.118. The molecule has 0 saturated carbocycles. The molecular weight excluding hydrogens is 422 g/mol. The van der Waals surface area contributed by atoms with Crippen LogP contribution < -0.4 is 10.1 Å². The van der Waals surface area contributed by atoms with Gasteiger partial charge >= 0.3 is 0 Å². The minimum absolute atomic E-state index is 0.121. The maximum Gasteiger partial charge on any atom is 0.239 e. The summed E-state index contributed by atoms with van der Waals surface area (Å²) in [6, 6.07) is 10.3. The van der Waals surface area contributed by atoms with Crippen LogP contribution in [0.5, 0.6) is 5.75 Å². The molecule has 33 heavy (non-hydrogen) atoms. The number of anilines is 1. The molecule has 5 heterocycles. The molecule has 10 heteroatoms. The summed E-state index contributed by atoms with van der Waals surface area (Å²) in [6.45, 7) is 2.03. The zero-order valence-electron chi connectivity index (χ0n) is 18.4. The standard InChI is InChI=1S/C23H23N7O3/c1-13-23(28-33-27-13)25-22(31)12-29-15-5-8-19(29)17-11-24-21-10-18(26-30(21)20(17)9-15)14-3-6-16(32-2)7-4-14/h3-4,6-7,10-11,15,19H,5,8-9,12H2,1-2H3,(H,25,28,31)/t15-,19-/m1/s1. The summed E-state index contributed by atoms with van der Waals surface area (Å²) >= 11 is 0. The fourth-order valence-electron chi connectivity index (χ4n) is 5.01. The molecule has 1 fully saturated rings. The van der Waals surface area contributed by atoms with E-state index in [1.807, 2.05) is 41.0 Å². The van der Waals surface area contributed by atoms with Crippen molar-refractivity contribution in [1.82, 2.24) is 29.8 Å². The van der Waals surface area contributed by atoms with Crippen molar-refractivity contribution in [2.75, 3.05) is 19.0 Å². The van der Waals surface area contributed by atoms with Gasteiger partial charge in [0.2, 0.25) is 5.91 Å². The summed E-state index contributed by atoms with van der Waals surface area (Å²) in [6.07, 6.45) is 4.81. The monoisotopic (exact) mass is 445 g/mol. The number of nitrogens with zero attached hydrogens (tertiary/aromatic N) is 6. The number of amides is 1. The van der Waals surface area contributed by atoms with Gasteiger partial charge in [-0.15, -0.1) is 0 Å². The van der Waals surface area contributed by atoms with Crippen LogP contribution in [-0.4, -0.2) is 55.4 Å². The number of methoxy groups -OCH3 is 1. The maximum absolute atomic E-state index is 12.7. The number of ether oxygens (including phenoxy) is 1. The van der Waals surface area contributed by atoms with Crippen molar-refractivity contribution in [3.8, 4) is 17.0 Å². The average molecular weight is 445 g/mol. The van der Waals surface area contributed by atoms with Crippen LogP contribution in [0.25, 0.3) is 16.9 Å². The molecule has 2 atom stereocenters. The van der Waals surface area contributed by atoms with Crippen molar-refractivity contribution in [3.63, 3.8) is 0 Å². The fraction of sp³-hybridized carbons (Fsp3) is 0.348. The number of hydrogen-bond donors (Lipinski definition) is 1. The molecule has 0 unspecified atom stereocenters. The average Bonchev–Trinajstić information content (AvgIpc) is 3.51. The van der Waals surface area contributed by atoms with Gasteiger partial charge in [-0.1, -0.05) is 5.16 Å². The van der Waals surface area contributed by atoms with E-state index in [9.17, 15) is 4.79 Å². The van der Waals surface area contributed by atoms with Gasteiger partial charge in [0.05, 0.1) is 25.0 Å². The molecule has 4 aromatic rings. The number of carbonyl (C=O) groups excluding carboxylic acids is 1. The summed E-state index contributed by atoms with van der Waals surface area (Å²) in [5, 5.41) is 15.1. The van der Waals surface area contributed by atoms with Crippen molar-refractivity contribution in [1.29, 1.82) is 0 Å². The molecule has 2 aliphatic heterocycles. The Labute approximate surface area is 189 Å². The lowest BCUT2D eigenvalue weighted by Crippen LogP contribution is -2.43. The summed E-state index contributed by atoms with van der Waals surface area (Å²) in [5.41, 5.74) is 5.62. The Morgan fingerprint density at radius 1 is 1.24 bits per heavy atom. The van der Waals surface area contributed by atoms with Gasteiger partial charge in [0.25, 0.3) is 0 Å². The molecule has 1 saturated heterocycles. The quantitative estimate of drug-likeness (QED) is 0.499. The highest BCUT2D eigenvalue weighted by molar-refractivity contribution is 5.91. The van der Waals surface area contributed by atoms with Crippen molar-refractivity contribution in [3.05, 3.63) is 53.5 Å². The normalized spacial score (nSPS) is 19.6. The molecule has 1 amide bonds. The molecule has 10 nitrogen and oxygen atoms in total. The van der Waals surface area contributed by atoms with Crippen LogP contribution in [0.1, 0.15) is 35.8 Å². The van der Waals surface area contributed by atoms with Crippen molar-refractivity contribution in [2.24, 2.45) is 0 Å². The minimum Gasteiger partial charge on any atom is -0.497 e. The van der Waals surface area contributed by atoms with Crippen LogP contribution in [0.3, 0.4) is 0 Å². The van der Waals surface area contributed by atoms with E-state index in [0.29, 0.717) is 11.5 Å². The van der Waals surface area contributed by atoms with Gasteiger partial charge in [-0.3, -0.25) is 9.69 Å². The largest absolute Gasteiger partial charge is 0.497 e. The topological polar surface area (TPSA) is 111 Å². The first-order valence-corrected chi connectivity index (χ1v) is 11.0. The van der Waals surface area contributed by atoms with E-state index in [1.165, 1.54) is 5.69 Å². The lowest BCUT2D eigenvalue weighted by Gasteiger charge is -2.35. The first-order chi connectivity index (χ1) is 16.1. The molecule has 6 rings (SSSR count). The second kappa shape index (κ2) is 7.66. The molecule has 0 radical (unpaired) electrons. The van der Waals surface area contributed by atoms with Gasteiger partial charge in [-0.25, -0.2) is 14.1 Å². The molecule has 3 aromatic heterocycles. The van der Waals surface area contributed by atoms with Crippen LogP contribution in [0, 0.1) is 6.92 Å². The third-order valence-electron chi connectivity index (χ3n) is 6.67. The number of hydrogen-bond acceptors (Lipinski definition) is 8. The zero-order chi connectivity index (χ0) is 22.5. The van der Waals surface area contributed by atoms with Crippen molar-refractivity contribution < 1.29 is 14.2 Å². The maximum atomic E-state index is 12.7. The van der Waals surface area contributed by atoms with Crippen LogP contribution >= 0.6 is 0 Å². The Morgan fingerprint density at radius 3 is 2.85 bits per heavy atom. The molecule has 2 aliphatic rings. The van der Waals surface area contributed by atoms with Crippen LogP contribution in [0.15, 0.2) is 41.2 Å². The van der Waals surface area contributed by atoms with E-state index in [4.69, 9.17) is 14.8 Å². The summed E-state index contributed by atoms with van der Waals surface area (Å²) in [5.74, 6) is 1.06. The highest BCUT2D eigenvalue weighted by Gasteiger charge is 2.42. The van der Waals surface area contributed by atoms with Gasteiger partial charge in [-0.2, -0.15) is 5.10 Å². The second-order valence-electron chi connectivity index (χ2n) is 8.56.